The number of ether oxygens (including phenoxy) is 2. The van der Waals surface area contributed by atoms with Crippen LogP contribution in [0.4, 0.5) is 16.6 Å². The summed E-state index contributed by atoms with van der Waals surface area (Å²) in [5.74, 6) is 1.05. The SMILES string of the molecule is COC(=O)N1CCC(n2ncc3c(N4CCOC(C)C4)nc(N)nc32)CC1. The summed E-state index contributed by atoms with van der Waals surface area (Å²) in [5.41, 5.74) is 6.76. The van der Waals surface area contributed by atoms with E-state index in [1.807, 2.05) is 17.8 Å². The number of carbonyl (C=O) groups excluding carboxylic acids is 1. The molecule has 146 valence electrons. The van der Waals surface area contributed by atoms with Gasteiger partial charge in [0.25, 0.3) is 0 Å². The molecule has 10 heteroatoms. The number of morpholine rings is 1. The summed E-state index contributed by atoms with van der Waals surface area (Å²) >= 11 is 0. The first-order valence-corrected chi connectivity index (χ1v) is 9.27. The zero-order chi connectivity index (χ0) is 19.0. The van der Waals surface area contributed by atoms with Gasteiger partial charge < -0.3 is 25.0 Å². The fourth-order valence-electron chi connectivity index (χ4n) is 3.87. The lowest BCUT2D eigenvalue weighted by molar-refractivity contribution is 0.0530. The van der Waals surface area contributed by atoms with Gasteiger partial charge >= 0.3 is 6.09 Å². The molecule has 2 aromatic heterocycles. The zero-order valence-corrected chi connectivity index (χ0v) is 15.7. The maximum Gasteiger partial charge on any atom is 0.409 e. The van der Waals surface area contributed by atoms with Crippen LogP contribution in [0, 0.1) is 0 Å². The van der Waals surface area contributed by atoms with E-state index in [-0.39, 0.29) is 24.2 Å². The molecule has 2 N–H and O–H groups in total. The van der Waals surface area contributed by atoms with Crippen molar-refractivity contribution in [1.29, 1.82) is 0 Å². The Morgan fingerprint density at radius 3 is 2.78 bits per heavy atom. The Balaban J connectivity index is 1.61. The number of nitrogens with zero attached hydrogens (tertiary/aromatic N) is 6. The van der Waals surface area contributed by atoms with Crippen LogP contribution in [-0.4, -0.2) is 76.7 Å². The highest BCUT2D eigenvalue weighted by molar-refractivity contribution is 5.88. The van der Waals surface area contributed by atoms with Gasteiger partial charge in [0.1, 0.15) is 5.82 Å². The van der Waals surface area contributed by atoms with Crippen LogP contribution in [-0.2, 0) is 9.47 Å². The lowest BCUT2D eigenvalue weighted by atomic mass is 10.1. The highest BCUT2D eigenvalue weighted by Gasteiger charge is 2.28. The second-order valence-electron chi connectivity index (χ2n) is 7.05. The Kier molecular flexibility index (Phi) is 4.73. The molecule has 4 heterocycles. The summed E-state index contributed by atoms with van der Waals surface area (Å²) < 4.78 is 12.4. The zero-order valence-electron chi connectivity index (χ0n) is 15.7. The molecule has 1 atom stereocenters. The van der Waals surface area contributed by atoms with E-state index >= 15 is 0 Å². The van der Waals surface area contributed by atoms with Gasteiger partial charge in [0.2, 0.25) is 5.95 Å². The molecule has 1 amide bonds. The third-order valence-electron chi connectivity index (χ3n) is 5.23. The molecule has 0 radical (unpaired) electrons. The molecule has 2 aliphatic rings. The van der Waals surface area contributed by atoms with E-state index in [1.54, 1.807) is 4.90 Å². The van der Waals surface area contributed by atoms with Crippen LogP contribution in [0.25, 0.3) is 11.0 Å². The minimum Gasteiger partial charge on any atom is -0.453 e. The van der Waals surface area contributed by atoms with Gasteiger partial charge in [-0.3, -0.25) is 0 Å². The van der Waals surface area contributed by atoms with Crippen molar-refractivity contribution >= 4 is 28.9 Å². The third kappa shape index (κ3) is 3.36. The van der Waals surface area contributed by atoms with Gasteiger partial charge in [-0.25, -0.2) is 9.48 Å². The summed E-state index contributed by atoms with van der Waals surface area (Å²) in [6.07, 6.45) is 3.26. The Labute approximate surface area is 157 Å². The fourth-order valence-corrected chi connectivity index (χ4v) is 3.87. The molecule has 4 rings (SSSR count). The Morgan fingerprint density at radius 2 is 2.07 bits per heavy atom. The summed E-state index contributed by atoms with van der Waals surface area (Å²) in [6.45, 7) is 5.49. The van der Waals surface area contributed by atoms with Crippen molar-refractivity contribution in [2.45, 2.75) is 31.9 Å². The maximum atomic E-state index is 11.7. The lowest BCUT2D eigenvalue weighted by Crippen LogP contribution is -2.41. The van der Waals surface area contributed by atoms with E-state index in [4.69, 9.17) is 15.2 Å². The molecule has 1 unspecified atom stereocenters. The molecule has 2 aromatic rings. The Morgan fingerprint density at radius 1 is 1.30 bits per heavy atom. The minimum absolute atomic E-state index is 0.141. The molecule has 0 spiro atoms. The minimum atomic E-state index is -0.283. The third-order valence-corrected chi connectivity index (χ3v) is 5.23. The van der Waals surface area contributed by atoms with E-state index in [9.17, 15) is 4.79 Å². The monoisotopic (exact) mass is 375 g/mol. The summed E-state index contributed by atoms with van der Waals surface area (Å²) in [5, 5.41) is 5.49. The van der Waals surface area contributed by atoms with Crippen molar-refractivity contribution in [2.75, 3.05) is 50.5 Å². The molecule has 10 nitrogen and oxygen atoms in total. The molecule has 2 saturated heterocycles. The van der Waals surface area contributed by atoms with Crippen LogP contribution in [0.3, 0.4) is 0 Å². The number of amides is 1. The second kappa shape index (κ2) is 7.18. The van der Waals surface area contributed by atoms with E-state index in [0.29, 0.717) is 19.7 Å². The first kappa shape index (κ1) is 17.8. The number of nitrogens with two attached hydrogens (primary N) is 1. The molecule has 2 aliphatic heterocycles. The van der Waals surface area contributed by atoms with Crippen LogP contribution in [0.1, 0.15) is 25.8 Å². The number of aromatic nitrogens is 4. The number of rotatable bonds is 2. The highest BCUT2D eigenvalue weighted by Crippen LogP contribution is 2.30. The molecule has 0 aromatic carbocycles. The molecule has 0 bridgehead atoms. The highest BCUT2D eigenvalue weighted by atomic mass is 16.5. The van der Waals surface area contributed by atoms with Gasteiger partial charge in [0.05, 0.1) is 37.4 Å². The maximum absolute atomic E-state index is 11.7. The number of hydrogen-bond acceptors (Lipinski definition) is 8. The quantitative estimate of drug-likeness (QED) is 0.829. The predicted molar refractivity (Wildman–Crippen MR) is 99.6 cm³/mol. The molecule has 0 aliphatic carbocycles. The van der Waals surface area contributed by atoms with Crippen molar-refractivity contribution in [3.8, 4) is 0 Å². The average Bonchev–Trinajstić information content (AvgIpc) is 3.10. The molecule has 2 fully saturated rings. The topological polar surface area (TPSA) is 112 Å². The van der Waals surface area contributed by atoms with E-state index in [0.717, 1.165) is 42.8 Å². The van der Waals surface area contributed by atoms with E-state index < -0.39 is 0 Å². The Hall–Kier alpha value is -2.62. The average molecular weight is 375 g/mol. The van der Waals surface area contributed by atoms with Crippen LogP contribution in [0.15, 0.2) is 6.20 Å². The van der Waals surface area contributed by atoms with Crippen molar-refractivity contribution in [3.05, 3.63) is 6.20 Å². The van der Waals surface area contributed by atoms with Crippen molar-refractivity contribution in [2.24, 2.45) is 0 Å². The normalized spacial score (nSPS) is 21.6. The summed E-state index contributed by atoms with van der Waals surface area (Å²) in [6, 6.07) is 0.161. The van der Waals surface area contributed by atoms with Crippen LogP contribution < -0.4 is 10.6 Å². The number of carbonyl (C=O) groups is 1. The predicted octanol–water partition coefficient (Wildman–Crippen LogP) is 1.04. The van der Waals surface area contributed by atoms with Gasteiger partial charge in [-0.1, -0.05) is 0 Å². The number of methoxy groups -OCH3 is 1. The lowest BCUT2D eigenvalue weighted by Gasteiger charge is -2.32. The van der Waals surface area contributed by atoms with Gasteiger partial charge in [-0.2, -0.15) is 15.1 Å². The molecule has 0 saturated carbocycles. The largest absolute Gasteiger partial charge is 0.453 e. The van der Waals surface area contributed by atoms with Gasteiger partial charge in [0.15, 0.2) is 5.65 Å². The number of nitrogen functional groups attached to an aromatic ring is 1. The van der Waals surface area contributed by atoms with Gasteiger partial charge in [-0.15, -0.1) is 0 Å². The first-order chi connectivity index (χ1) is 13.1. The summed E-state index contributed by atoms with van der Waals surface area (Å²) in [7, 11) is 1.41. The smallest absolute Gasteiger partial charge is 0.409 e. The Bertz CT molecular complexity index is 831. The van der Waals surface area contributed by atoms with Crippen LogP contribution in [0.2, 0.25) is 0 Å². The van der Waals surface area contributed by atoms with Gasteiger partial charge in [0, 0.05) is 26.2 Å². The first-order valence-electron chi connectivity index (χ1n) is 9.27. The second-order valence-corrected chi connectivity index (χ2v) is 7.05. The summed E-state index contributed by atoms with van der Waals surface area (Å²) in [4.78, 5) is 24.5. The number of hydrogen-bond donors (Lipinski definition) is 1. The number of fused-ring (bicyclic) bond motifs is 1. The van der Waals surface area contributed by atoms with Crippen LogP contribution >= 0.6 is 0 Å². The van der Waals surface area contributed by atoms with Crippen LogP contribution in [0.5, 0.6) is 0 Å². The van der Waals surface area contributed by atoms with Gasteiger partial charge in [-0.05, 0) is 19.8 Å². The molecular weight excluding hydrogens is 350 g/mol. The number of anilines is 2. The standard InChI is InChI=1S/C17H25N7O3/c1-11-10-23(7-8-27-11)14-13-9-19-24(15(13)21-16(18)20-14)12-3-5-22(6-4-12)17(25)26-2/h9,11-12H,3-8,10H2,1-2H3,(H2,18,20,21). The fraction of sp³-hybridized carbons (Fsp3) is 0.647. The number of piperidine rings is 1. The van der Waals surface area contributed by atoms with Crippen molar-refractivity contribution < 1.29 is 14.3 Å². The van der Waals surface area contributed by atoms with E-state index in [1.165, 1.54) is 7.11 Å². The van der Waals surface area contributed by atoms with Crippen molar-refractivity contribution in [3.63, 3.8) is 0 Å². The number of likely N-dealkylation sites (tertiary alicyclic amines) is 1. The van der Waals surface area contributed by atoms with Crippen molar-refractivity contribution in [1.82, 2.24) is 24.6 Å². The molecular formula is C17H25N7O3. The molecule has 27 heavy (non-hydrogen) atoms. The van der Waals surface area contributed by atoms with E-state index in [2.05, 4.69) is 20.0 Å².